The summed E-state index contributed by atoms with van der Waals surface area (Å²) in [5.74, 6) is 0. The van der Waals surface area contributed by atoms with Gasteiger partial charge in [0.15, 0.2) is 0 Å². The Morgan fingerprint density at radius 3 is 2.33 bits per heavy atom. The largest absolute Gasteiger partial charge is 0.392 e. The molecule has 0 saturated carbocycles. The molecule has 0 fully saturated rings. The maximum Gasteiger partial charge on any atom is 0.0637 e. The van der Waals surface area contributed by atoms with Gasteiger partial charge in [-0.25, -0.2) is 0 Å². The monoisotopic (exact) mass is 281 g/mol. The molecule has 94 valence electrons. The molecule has 1 aromatic carbocycles. The van der Waals surface area contributed by atoms with Gasteiger partial charge in [0.1, 0.15) is 0 Å². The molecule has 0 spiro atoms. The van der Waals surface area contributed by atoms with Crippen LogP contribution in [0.4, 0.5) is 0 Å². The first-order valence-electron chi connectivity index (χ1n) is 5.67. The van der Waals surface area contributed by atoms with Crippen molar-refractivity contribution in [2.24, 2.45) is 0 Å². The number of aliphatic hydroxyl groups excluding tert-OH is 1. The minimum atomic E-state index is -0.544. The van der Waals surface area contributed by atoms with E-state index in [9.17, 15) is 5.11 Å². The summed E-state index contributed by atoms with van der Waals surface area (Å²) in [6.07, 6.45) is 2.08. The average Bonchev–Trinajstić information content (AvgIpc) is 2.35. The van der Waals surface area contributed by atoms with Crippen LogP contribution in [0, 0.1) is 0 Å². The third kappa shape index (κ3) is 3.45. The minimum absolute atomic E-state index is 0.426. The molecule has 0 aliphatic rings. The number of pyridine rings is 1. The van der Waals surface area contributed by atoms with Gasteiger partial charge in [0.2, 0.25) is 0 Å². The van der Waals surface area contributed by atoms with Crippen molar-refractivity contribution in [3.05, 3.63) is 63.9 Å². The van der Waals surface area contributed by atoms with Gasteiger partial charge < -0.3 is 5.11 Å². The molecule has 0 amide bonds. The van der Waals surface area contributed by atoms with Gasteiger partial charge in [-0.1, -0.05) is 35.3 Å². The van der Waals surface area contributed by atoms with Gasteiger partial charge in [0.25, 0.3) is 0 Å². The molecule has 0 aliphatic carbocycles. The fraction of sp³-hybridized carbons (Fsp3) is 0.214. The van der Waals surface area contributed by atoms with Crippen molar-refractivity contribution in [3.8, 4) is 0 Å². The Bertz CT molecular complexity index is 496. The Morgan fingerprint density at radius 1 is 1.00 bits per heavy atom. The van der Waals surface area contributed by atoms with Crippen molar-refractivity contribution in [1.29, 1.82) is 0 Å². The Kier molecular flexibility index (Phi) is 4.59. The topological polar surface area (TPSA) is 33.1 Å². The molecule has 2 rings (SSSR count). The second-order valence-electron chi connectivity index (χ2n) is 4.08. The van der Waals surface area contributed by atoms with E-state index in [0.717, 1.165) is 11.3 Å². The van der Waals surface area contributed by atoms with Gasteiger partial charge in [0, 0.05) is 34.8 Å². The fourth-order valence-corrected chi connectivity index (χ4v) is 2.35. The Morgan fingerprint density at radius 2 is 1.72 bits per heavy atom. The predicted molar refractivity (Wildman–Crippen MR) is 74.1 cm³/mol. The average molecular weight is 282 g/mol. The third-order valence-corrected chi connectivity index (χ3v) is 3.38. The Balaban J connectivity index is 2.06. The van der Waals surface area contributed by atoms with Crippen LogP contribution in [0.25, 0.3) is 0 Å². The van der Waals surface area contributed by atoms with Crippen LogP contribution in [0.5, 0.6) is 0 Å². The minimum Gasteiger partial charge on any atom is -0.392 e. The number of benzene rings is 1. The molecule has 0 bridgehead atoms. The quantitative estimate of drug-likeness (QED) is 0.930. The van der Waals surface area contributed by atoms with Gasteiger partial charge in [-0.2, -0.15) is 0 Å². The Labute approximate surface area is 116 Å². The molecule has 4 heteroatoms. The van der Waals surface area contributed by atoms with E-state index in [1.54, 1.807) is 24.4 Å². The first-order valence-corrected chi connectivity index (χ1v) is 6.43. The van der Waals surface area contributed by atoms with Crippen LogP contribution in [0.1, 0.15) is 11.3 Å². The van der Waals surface area contributed by atoms with E-state index in [0.29, 0.717) is 22.9 Å². The van der Waals surface area contributed by atoms with Crippen molar-refractivity contribution in [2.45, 2.75) is 18.9 Å². The molecule has 0 saturated heterocycles. The second kappa shape index (κ2) is 6.19. The SMILES string of the molecule is OC(Cc1ccccn1)Cc1c(Cl)cccc1Cl. The molecule has 1 heterocycles. The summed E-state index contributed by atoms with van der Waals surface area (Å²) in [7, 11) is 0. The lowest BCUT2D eigenvalue weighted by atomic mass is 10.0. The van der Waals surface area contributed by atoms with Crippen molar-refractivity contribution in [2.75, 3.05) is 0 Å². The van der Waals surface area contributed by atoms with Crippen molar-refractivity contribution in [1.82, 2.24) is 4.98 Å². The highest BCUT2D eigenvalue weighted by atomic mass is 35.5. The summed E-state index contributed by atoms with van der Waals surface area (Å²) in [6, 6.07) is 11.0. The van der Waals surface area contributed by atoms with E-state index in [2.05, 4.69) is 4.98 Å². The number of halogens is 2. The van der Waals surface area contributed by atoms with Crippen molar-refractivity contribution in [3.63, 3.8) is 0 Å². The van der Waals surface area contributed by atoms with Crippen LogP contribution >= 0.6 is 23.2 Å². The van der Waals surface area contributed by atoms with E-state index >= 15 is 0 Å². The number of aliphatic hydroxyl groups is 1. The van der Waals surface area contributed by atoms with E-state index in [1.807, 2.05) is 18.2 Å². The first-order chi connectivity index (χ1) is 8.66. The van der Waals surface area contributed by atoms with Crippen molar-refractivity contribution >= 4 is 23.2 Å². The number of aromatic nitrogens is 1. The number of nitrogens with zero attached hydrogens (tertiary/aromatic N) is 1. The number of rotatable bonds is 4. The van der Waals surface area contributed by atoms with Crippen LogP contribution in [-0.4, -0.2) is 16.2 Å². The molecule has 1 atom stereocenters. The van der Waals surface area contributed by atoms with E-state index in [1.165, 1.54) is 0 Å². The molecule has 0 aliphatic heterocycles. The van der Waals surface area contributed by atoms with Crippen LogP contribution in [0.2, 0.25) is 10.0 Å². The van der Waals surface area contributed by atoms with Gasteiger partial charge in [-0.15, -0.1) is 0 Å². The molecular weight excluding hydrogens is 269 g/mol. The van der Waals surface area contributed by atoms with Crippen LogP contribution in [-0.2, 0) is 12.8 Å². The lowest BCUT2D eigenvalue weighted by molar-refractivity contribution is 0.174. The summed E-state index contributed by atoms with van der Waals surface area (Å²) in [4.78, 5) is 4.18. The zero-order valence-electron chi connectivity index (χ0n) is 9.68. The first kappa shape index (κ1) is 13.3. The zero-order valence-corrected chi connectivity index (χ0v) is 11.2. The smallest absolute Gasteiger partial charge is 0.0637 e. The van der Waals surface area contributed by atoms with E-state index in [4.69, 9.17) is 23.2 Å². The van der Waals surface area contributed by atoms with Crippen LogP contribution in [0.3, 0.4) is 0 Å². The van der Waals surface area contributed by atoms with Gasteiger partial charge in [-0.3, -0.25) is 4.98 Å². The fourth-order valence-electron chi connectivity index (χ4n) is 1.80. The van der Waals surface area contributed by atoms with Crippen LogP contribution in [0.15, 0.2) is 42.6 Å². The molecule has 1 N–H and O–H groups in total. The summed E-state index contributed by atoms with van der Waals surface area (Å²) in [5, 5.41) is 11.2. The summed E-state index contributed by atoms with van der Waals surface area (Å²) in [5.41, 5.74) is 1.64. The van der Waals surface area contributed by atoms with Gasteiger partial charge >= 0.3 is 0 Å². The van der Waals surface area contributed by atoms with Crippen molar-refractivity contribution < 1.29 is 5.11 Å². The summed E-state index contributed by atoms with van der Waals surface area (Å²) >= 11 is 12.1. The predicted octanol–water partition coefficient (Wildman–Crippen LogP) is 3.53. The highest BCUT2D eigenvalue weighted by Gasteiger charge is 2.12. The Hall–Kier alpha value is -1.09. The summed E-state index contributed by atoms with van der Waals surface area (Å²) in [6.45, 7) is 0. The molecule has 1 aromatic heterocycles. The lowest BCUT2D eigenvalue weighted by Crippen LogP contribution is -2.15. The van der Waals surface area contributed by atoms with Gasteiger partial charge in [-0.05, 0) is 29.8 Å². The van der Waals surface area contributed by atoms with Gasteiger partial charge in [0.05, 0.1) is 6.10 Å². The second-order valence-corrected chi connectivity index (χ2v) is 4.90. The van der Waals surface area contributed by atoms with E-state index < -0.39 is 6.10 Å². The van der Waals surface area contributed by atoms with Crippen LogP contribution < -0.4 is 0 Å². The molecule has 1 unspecified atom stereocenters. The van der Waals surface area contributed by atoms with E-state index in [-0.39, 0.29) is 0 Å². The highest BCUT2D eigenvalue weighted by molar-refractivity contribution is 6.35. The molecule has 2 nitrogen and oxygen atoms in total. The molecule has 18 heavy (non-hydrogen) atoms. The standard InChI is InChI=1S/C14H13Cl2NO/c15-13-5-3-6-14(16)12(13)9-11(18)8-10-4-1-2-7-17-10/h1-7,11,18H,8-9H2. The number of hydrogen-bond acceptors (Lipinski definition) is 2. The molecule has 0 radical (unpaired) electrons. The maximum atomic E-state index is 10.0. The normalized spacial score (nSPS) is 12.4. The molecular formula is C14H13Cl2NO. The summed E-state index contributed by atoms with van der Waals surface area (Å²) < 4.78 is 0. The third-order valence-electron chi connectivity index (χ3n) is 2.67. The zero-order chi connectivity index (χ0) is 13.0. The maximum absolute atomic E-state index is 10.0. The molecule has 2 aromatic rings. The highest BCUT2D eigenvalue weighted by Crippen LogP contribution is 2.25. The number of hydrogen-bond donors (Lipinski definition) is 1. The lowest BCUT2D eigenvalue weighted by Gasteiger charge is -2.12.